The van der Waals surface area contributed by atoms with E-state index in [1.807, 2.05) is 0 Å². The fraction of sp³-hybridized carbons (Fsp3) is 0.778. The minimum atomic E-state index is 0.316. The molecule has 1 aromatic rings. The molecule has 0 aliphatic carbocycles. The van der Waals surface area contributed by atoms with Gasteiger partial charge in [0.15, 0.2) is 5.82 Å². The third-order valence-corrected chi connectivity index (χ3v) is 2.26. The zero-order chi connectivity index (χ0) is 9.80. The molecule has 1 fully saturated rings. The lowest BCUT2D eigenvalue weighted by atomic mass is 10.1. The van der Waals surface area contributed by atoms with Crippen LogP contribution in [0, 0.1) is 0 Å². The summed E-state index contributed by atoms with van der Waals surface area (Å²) in [4.78, 5) is 4.26. The highest BCUT2D eigenvalue weighted by Crippen LogP contribution is 2.23. The molecule has 0 aromatic carbocycles. The fourth-order valence-corrected chi connectivity index (χ4v) is 1.44. The Morgan fingerprint density at radius 1 is 1.57 bits per heavy atom. The summed E-state index contributed by atoms with van der Waals surface area (Å²) in [6.45, 7) is 4.47. The van der Waals surface area contributed by atoms with E-state index >= 15 is 0 Å². The van der Waals surface area contributed by atoms with E-state index in [9.17, 15) is 0 Å². The van der Waals surface area contributed by atoms with Gasteiger partial charge < -0.3 is 14.6 Å². The van der Waals surface area contributed by atoms with Crippen molar-refractivity contribution in [3.8, 4) is 0 Å². The lowest BCUT2D eigenvalue weighted by Gasteiger charge is -1.98. The minimum absolute atomic E-state index is 0.316. The molecule has 0 radical (unpaired) electrons. The zero-order valence-electron chi connectivity index (χ0n) is 8.32. The summed E-state index contributed by atoms with van der Waals surface area (Å²) in [6, 6.07) is 0.522. The van der Waals surface area contributed by atoms with E-state index < -0.39 is 0 Å². The van der Waals surface area contributed by atoms with Gasteiger partial charge in [-0.2, -0.15) is 4.98 Å². The van der Waals surface area contributed by atoms with Gasteiger partial charge in [-0.05, 0) is 12.8 Å². The highest BCUT2D eigenvalue weighted by atomic mass is 16.5. The first-order valence-corrected chi connectivity index (χ1v) is 5.05. The van der Waals surface area contributed by atoms with Crippen molar-refractivity contribution >= 4 is 6.01 Å². The van der Waals surface area contributed by atoms with E-state index in [4.69, 9.17) is 9.26 Å². The molecule has 2 rings (SSSR count). The van der Waals surface area contributed by atoms with Gasteiger partial charge in [-0.25, -0.2) is 0 Å². The highest BCUT2D eigenvalue weighted by molar-refractivity contribution is 5.19. The summed E-state index contributed by atoms with van der Waals surface area (Å²) >= 11 is 0. The van der Waals surface area contributed by atoms with Gasteiger partial charge in [0.1, 0.15) is 0 Å². The van der Waals surface area contributed by atoms with E-state index in [2.05, 4.69) is 22.4 Å². The molecule has 5 nitrogen and oxygen atoms in total. The summed E-state index contributed by atoms with van der Waals surface area (Å²) < 4.78 is 10.3. The second kappa shape index (κ2) is 4.41. The zero-order valence-corrected chi connectivity index (χ0v) is 8.32. The Kier molecular flexibility index (Phi) is 2.98. The van der Waals surface area contributed by atoms with Gasteiger partial charge in [-0.3, -0.25) is 0 Å². The molecular formula is C9H15N3O2. The third kappa shape index (κ3) is 2.04. The van der Waals surface area contributed by atoms with Crippen molar-refractivity contribution in [2.24, 2.45) is 0 Å². The molecule has 1 saturated heterocycles. The molecule has 0 spiro atoms. The Bertz CT molecular complexity index is 281. The third-order valence-electron chi connectivity index (χ3n) is 2.26. The van der Waals surface area contributed by atoms with Crippen LogP contribution in [0.5, 0.6) is 0 Å². The average molecular weight is 197 g/mol. The predicted molar refractivity (Wildman–Crippen MR) is 51.3 cm³/mol. The average Bonchev–Trinajstić information content (AvgIpc) is 2.85. The second-order valence-electron chi connectivity index (χ2n) is 3.45. The highest BCUT2D eigenvalue weighted by Gasteiger charge is 2.22. The molecule has 0 saturated carbocycles. The summed E-state index contributed by atoms with van der Waals surface area (Å²) in [5.74, 6) is 1.08. The normalized spacial score (nSPS) is 21.4. The van der Waals surface area contributed by atoms with Gasteiger partial charge in [0.05, 0.1) is 6.61 Å². The van der Waals surface area contributed by atoms with E-state index in [1.54, 1.807) is 0 Å². The van der Waals surface area contributed by atoms with Gasteiger partial charge in [0.25, 0.3) is 0 Å². The number of aromatic nitrogens is 2. The van der Waals surface area contributed by atoms with E-state index in [-0.39, 0.29) is 0 Å². The first-order valence-electron chi connectivity index (χ1n) is 5.05. The smallest absolute Gasteiger partial charge is 0.321 e. The van der Waals surface area contributed by atoms with Crippen LogP contribution in [0.3, 0.4) is 0 Å². The maximum absolute atomic E-state index is 5.26. The van der Waals surface area contributed by atoms with Crippen LogP contribution in [0.15, 0.2) is 4.52 Å². The van der Waals surface area contributed by atoms with E-state index in [0.29, 0.717) is 18.5 Å². The van der Waals surface area contributed by atoms with Crippen molar-refractivity contribution in [3.05, 3.63) is 5.82 Å². The number of anilines is 1. The Balaban J connectivity index is 1.94. The van der Waals surface area contributed by atoms with Crippen LogP contribution in [0.2, 0.25) is 0 Å². The molecule has 0 amide bonds. The molecule has 2 heterocycles. The van der Waals surface area contributed by atoms with Gasteiger partial charge in [0.2, 0.25) is 0 Å². The van der Waals surface area contributed by atoms with Crippen molar-refractivity contribution in [1.82, 2.24) is 10.1 Å². The van der Waals surface area contributed by atoms with Crippen LogP contribution < -0.4 is 5.32 Å². The molecular weight excluding hydrogens is 182 g/mol. The maximum atomic E-state index is 5.26. The number of nitrogens with zero attached hydrogens (tertiary/aromatic N) is 2. The summed E-state index contributed by atoms with van der Waals surface area (Å²) in [5, 5.41) is 6.98. The number of hydrogen-bond acceptors (Lipinski definition) is 5. The summed E-state index contributed by atoms with van der Waals surface area (Å²) in [5.41, 5.74) is 0. The topological polar surface area (TPSA) is 60.2 Å². The number of nitrogens with one attached hydrogen (secondary N) is 1. The van der Waals surface area contributed by atoms with Gasteiger partial charge in [-0.1, -0.05) is 12.1 Å². The maximum Gasteiger partial charge on any atom is 0.321 e. The Labute approximate surface area is 82.8 Å². The van der Waals surface area contributed by atoms with Crippen molar-refractivity contribution in [1.29, 1.82) is 0 Å². The van der Waals surface area contributed by atoms with Gasteiger partial charge in [0, 0.05) is 19.1 Å². The van der Waals surface area contributed by atoms with Crippen LogP contribution in [-0.2, 0) is 4.74 Å². The molecule has 1 unspecified atom stereocenters. The molecule has 5 heteroatoms. The molecule has 0 bridgehead atoms. The quantitative estimate of drug-likeness (QED) is 0.790. The van der Waals surface area contributed by atoms with Crippen molar-refractivity contribution in [2.75, 3.05) is 25.1 Å². The first kappa shape index (κ1) is 9.45. The minimum Gasteiger partial charge on any atom is -0.381 e. The summed E-state index contributed by atoms with van der Waals surface area (Å²) in [6.07, 6.45) is 2.04. The van der Waals surface area contributed by atoms with Crippen LogP contribution in [0.1, 0.15) is 31.5 Å². The van der Waals surface area contributed by atoms with Gasteiger partial charge >= 0.3 is 6.01 Å². The first-order chi connectivity index (χ1) is 6.90. The molecule has 1 aliphatic heterocycles. The lowest BCUT2D eigenvalue weighted by Crippen LogP contribution is -2.02. The van der Waals surface area contributed by atoms with E-state index in [0.717, 1.165) is 31.8 Å². The molecule has 14 heavy (non-hydrogen) atoms. The van der Waals surface area contributed by atoms with Crippen molar-refractivity contribution < 1.29 is 9.26 Å². The lowest BCUT2D eigenvalue weighted by molar-refractivity contribution is 0.192. The molecule has 1 atom stereocenters. The van der Waals surface area contributed by atoms with Crippen LogP contribution in [0.25, 0.3) is 0 Å². The van der Waals surface area contributed by atoms with Crippen molar-refractivity contribution in [2.45, 2.75) is 25.7 Å². The second-order valence-corrected chi connectivity index (χ2v) is 3.45. The van der Waals surface area contributed by atoms with Crippen molar-refractivity contribution in [3.63, 3.8) is 0 Å². The summed E-state index contributed by atoms with van der Waals surface area (Å²) in [7, 11) is 0. The molecule has 78 valence electrons. The molecule has 1 aromatic heterocycles. The number of ether oxygens (including phenoxy) is 1. The monoisotopic (exact) mass is 197 g/mol. The van der Waals surface area contributed by atoms with E-state index in [1.165, 1.54) is 0 Å². The number of hydrogen-bond donors (Lipinski definition) is 1. The standard InChI is InChI=1S/C9H15N3O2/c1-2-4-10-9-11-8(12-14-9)7-3-5-13-6-7/h7H,2-6H2,1H3,(H,10,11,12). The Morgan fingerprint density at radius 3 is 3.21 bits per heavy atom. The number of rotatable bonds is 4. The molecule has 1 N–H and O–H groups in total. The Morgan fingerprint density at radius 2 is 2.50 bits per heavy atom. The molecule has 1 aliphatic rings. The van der Waals surface area contributed by atoms with Crippen LogP contribution >= 0.6 is 0 Å². The predicted octanol–water partition coefficient (Wildman–Crippen LogP) is 1.40. The largest absolute Gasteiger partial charge is 0.381 e. The SMILES string of the molecule is CCCNc1nc(C2CCOC2)no1. The van der Waals surface area contributed by atoms with Crippen LogP contribution in [0.4, 0.5) is 6.01 Å². The van der Waals surface area contributed by atoms with Crippen LogP contribution in [-0.4, -0.2) is 29.9 Å². The Hall–Kier alpha value is -1.10. The van der Waals surface area contributed by atoms with Gasteiger partial charge in [-0.15, -0.1) is 0 Å². The fourth-order valence-electron chi connectivity index (χ4n) is 1.44.